The van der Waals surface area contributed by atoms with E-state index in [4.69, 9.17) is 10.8 Å². The predicted octanol–water partition coefficient (Wildman–Crippen LogP) is 8.18. The molecule has 5 aromatic rings. The fourth-order valence-electron chi connectivity index (χ4n) is 11.8. The molecule has 2 saturated carbocycles. The van der Waals surface area contributed by atoms with Crippen LogP contribution in [0.2, 0.25) is 0 Å². The summed E-state index contributed by atoms with van der Waals surface area (Å²) in [6.07, 6.45) is 7.39. The van der Waals surface area contributed by atoms with Gasteiger partial charge in [-0.3, -0.25) is 24.0 Å². The molecule has 5 heterocycles. The normalized spacial score (nSPS) is 18.2. The second-order valence-electron chi connectivity index (χ2n) is 26.9. The molecule has 4 aliphatic rings. The molecule has 0 radical (unpaired) electrons. The second-order valence-corrected chi connectivity index (χ2v) is 28.7. The SMILES string of the molecule is CC(C)Br.CC(C)C[C@@H](C(=O)N[C@H]1CN(CC2CC2)c2ccccc2N(C)C1=O)[C@H](c1nnnn1C)C(C)C.CC(C)C[C@@H](C(=O)O)[C@H](c1nnnn1C)C(C)C.CC(C)C[C@H](Cc1nnnn1C)C(=O)O.CN1C(=O)[C@@H](N)CN(CC2CC2)c2ccccc21. The van der Waals surface area contributed by atoms with Gasteiger partial charge in [-0.15, -0.1) is 15.3 Å². The number of rotatable bonds is 22. The van der Waals surface area contributed by atoms with E-state index in [1.165, 1.54) is 30.4 Å². The van der Waals surface area contributed by atoms with Crippen molar-refractivity contribution in [2.24, 2.45) is 86.1 Å². The number of alkyl halides is 1. The van der Waals surface area contributed by atoms with Crippen LogP contribution in [0.1, 0.15) is 157 Å². The van der Waals surface area contributed by atoms with Crippen LogP contribution in [0, 0.1) is 59.2 Å². The molecular formula is C64H103BrN18O7. The molecule has 26 heteroatoms. The van der Waals surface area contributed by atoms with Gasteiger partial charge in [0.05, 0.1) is 34.6 Å². The highest BCUT2D eigenvalue weighted by Gasteiger charge is 2.41. The maximum Gasteiger partial charge on any atom is 0.307 e. The number of carboxylic acids is 2. The number of nitrogens with two attached hydrogens (primary N) is 1. The number of tetrazole rings is 3. The summed E-state index contributed by atoms with van der Waals surface area (Å²) in [5.74, 6) is 1.43. The van der Waals surface area contributed by atoms with Gasteiger partial charge in [-0.05, 0) is 142 Å². The highest BCUT2D eigenvalue weighted by atomic mass is 79.9. The lowest BCUT2D eigenvalue weighted by Crippen LogP contribution is -2.53. The maximum atomic E-state index is 13.9. The molecule has 0 spiro atoms. The van der Waals surface area contributed by atoms with Crippen molar-refractivity contribution >= 4 is 68.3 Å². The van der Waals surface area contributed by atoms with Crippen LogP contribution in [0.15, 0.2) is 48.5 Å². The number of aliphatic carboxylic acids is 2. The molecule has 3 aromatic heterocycles. The minimum Gasteiger partial charge on any atom is -0.481 e. The molecule has 9 rings (SSSR count). The number of hydrogen-bond donors (Lipinski definition) is 4. The number of amides is 3. The molecule has 2 fully saturated rings. The third-order valence-corrected chi connectivity index (χ3v) is 16.5. The van der Waals surface area contributed by atoms with E-state index >= 15 is 0 Å². The van der Waals surface area contributed by atoms with E-state index in [2.05, 4.69) is 131 Å². The number of hydrogen-bond acceptors (Lipinski definition) is 17. The Morgan fingerprint density at radius 1 is 0.567 bits per heavy atom. The molecule has 0 bridgehead atoms. The molecule has 0 unspecified atom stereocenters. The first kappa shape index (κ1) is 73.8. The predicted molar refractivity (Wildman–Crippen MR) is 353 cm³/mol. The van der Waals surface area contributed by atoms with E-state index in [1.807, 2.05) is 92.0 Å². The van der Waals surface area contributed by atoms with E-state index in [0.29, 0.717) is 84.7 Å². The van der Waals surface area contributed by atoms with Crippen molar-refractivity contribution in [2.75, 3.05) is 59.9 Å². The molecule has 498 valence electrons. The number of carboxylic acid groups (broad SMARTS) is 2. The molecule has 3 amide bonds. The monoisotopic (exact) mass is 1310 g/mol. The highest BCUT2D eigenvalue weighted by Crippen LogP contribution is 2.40. The van der Waals surface area contributed by atoms with Crippen LogP contribution in [0.5, 0.6) is 0 Å². The topological polar surface area (TPSA) is 308 Å². The Morgan fingerprint density at radius 3 is 1.34 bits per heavy atom. The van der Waals surface area contributed by atoms with E-state index in [-0.39, 0.29) is 47.3 Å². The van der Waals surface area contributed by atoms with Crippen molar-refractivity contribution in [3.63, 3.8) is 0 Å². The standard InChI is InChI=1S/C26H39N7O2.C14H19N3O.C12H22N4O2.C9H16N4O2.C3H7Br/c1-16(2)13-19(23(17(3)4)24-28-29-30-32(24)6)25(34)27-20-15-33(14-18-11-12-18)22-10-8-7-9-21(22)31(5)26(20)35;1-16-12-4-2-3-5-13(12)17(8-10-6-7-10)9-11(15)14(16)18;1-7(2)6-9(12(17)18)10(8(3)4)11-13-14-15-16(11)5;1-6(2)4-7(9(14)15)5-8-10-11-12-13(8)3;1-3(2)4/h7-10,16-20,23H,11-15H2,1-6H3,(H,27,34);2-5,10-11H,6-9,15H2,1H3;7-10H,6H2,1-5H3,(H,17,18);6-7H,4-5H2,1-3H3,(H,14,15);3H,1-2H3/t19-,20+,23-;11-;9-,10-;7-;/m1011./s1. The van der Waals surface area contributed by atoms with Crippen molar-refractivity contribution in [1.82, 2.24) is 65.9 Å². The van der Waals surface area contributed by atoms with Gasteiger partial charge < -0.3 is 40.9 Å². The summed E-state index contributed by atoms with van der Waals surface area (Å²) in [6, 6.07) is 15.0. The number of anilines is 4. The molecule has 25 nitrogen and oxygen atoms in total. The van der Waals surface area contributed by atoms with Gasteiger partial charge in [-0.2, -0.15) is 0 Å². The summed E-state index contributed by atoms with van der Waals surface area (Å²) < 4.78 is 4.74. The minimum absolute atomic E-state index is 0.000692. The Bertz CT molecular complexity index is 3060. The van der Waals surface area contributed by atoms with E-state index in [9.17, 15) is 29.1 Å². The molecule has 90 heavy (non-hydrogen) atoms. The van der Waals surface area contributed by atoms with Crippen molar-refractivity contribution in [3.8, 4) is 0 Å². The van der Waals surface area contributed by atoms with Gasteiger partial charge in [0.15, 0.2) is 17.5 Å². The van der Waals surface area contributed by atoms with Crippen molar-refractivity contribution in [2.45, 2.75) is 163 Å². The van der Waals surface area contributed by atoms with E-state index < -0.39 is 35.9 Å². The van der Waals surface area contributed by atoms with Crippen molar-refractivity contribution in [3.05, 3.63) is 66.0 Å². The van der Waals surface area contributed by atoms with Gasteiger partial charge in [-0.25, -0.2) is 14.0 Å². The summed E-state index contributed by atoms with van der Waals surface area (Å²) in [5, 5.41) is 56.1. The summed E-state index contributed by atoms with van der Waals surface area (Å²) in [7, 11) is 8.88. The summed E-state index contributed by atoms with van der Waals surface area (Å²) in [5.41, 5.74) is 10.0. The third-order valence-electron chi connectivity index (χ3n) is 16.5. The quantitative estimate of drug-likeness (QED) is 0.0475. The van der Waals surface area contributed by atoms with Gasteiger partial charge in [0.25, 0.3) is 5.91 Å². The first-order valence-corrected chi connectivity index (χ1v) is 32.9. The fraction of sp³-hybridized carbons (Fsp3) is 0.688. The van der Waals surface area contributed by atoms with Gasteiger partial charge in [0.2, 0.25) is 11.8 Å². The molecule has 0 saturated heterocycles. The summed E-state index contributed by atoms with van der Waals surface area (Å²) in [4.78, 5) is 70.7. The molecule has 2 aromatic carbocycles. The fourth-order valence-corrected chi connectivity index (χ4v) is 11.8. The Hall–Kier alpha value is -6.96. The van der Waals surface area contributed by atoms with Crippen molar-refractivity contribution in [1.29, 1.82) is 0 Å². The number of para-hydroxylation sites is 4. The molecular weight excluding hydrogens is 1210 g/mol. The van der Waals surface area contributed by atoms with E-state index in [1.54, 1.807) is 40.3 Å². The Morgan fingerprint density at radius 2 is 0.967 bits per heavy atom. The number of carbonyl (C=O) groups excluding carboxylic acids is 3. The first-order valence-electron chi connectivity index (χ1n) is 32.0. The molecule has 5 N–H and O–H groups in total. The van der Waals surface area contributed by atoms with Crippen molar-refractivity contribution < 1.29 is 34.2 Å². The third kappa shape index (κ3) is 21.6. The van der Waals surface area contributed by atoms with E-state index in [0.717, 1.165) is 41.8 Å². The van der Waals surface area contributed by atoms with Crippen LogP contribution in [0.4, 0.5) is 22.7 Å². The van der Waals surface area contributed by atoms with Gasteiger partial charge in [-0.1, -0.05) is 123 Å². The first-order chi connectivity index (χ1) is 42.4. The largest absolute Gasteiger partial charge is 0.481 e. The Balaban J connectivity index is 0.000000228. The second kappa shape index (κ2) is 34.5. The molecule has 2 aliphatic heterocycles. The number of likely N-dealkylation sites (N-methyl/N-ethyl adjacent to an activating group) is 2. The minimum atomic E-state index is -0.785. The lowest BCUT2D eigenvalue weighted by molar-refractivity contribution is -0.144. The zero-order valence-corrected chi connectivity index (χ0v) is 57.9. The van der Waals surface area contributed by atoms with Gasteiger partial charge in [0, 0.05) is 90.4 Å². The molecule has 2 aliphatic carbocycles. The zero-order chi connectivity index (χ0) is 66.8. The lowest BCUT2D eigenvalue weighted by atomic mass is 9.77. The number of aryl methyl sites for hydroxylation is 3. The van der Waals surface area contributed by atoms with Gasteiger partial charge >= 0.3 is 11.9 Å². The number of nitrogens with one attached hydrogen (secondary N) is 1. The number of halogens is 1. The highest BCUT2D eigenvalue weighted by molar-refractivity contribution is 9.09. The van der Waals surface area contributed by atoms with Crippen LogP contribution >= 0.6 is 15.9 Å². The zero-order valence-electron chi connectivity index (χ0n) is 56.3. The van der Waals surface area contributed by atoms with Crippen LogP contribution in [-0.2, 0) is 51.5 Å². The van der Waals surface area contributed by atoms with Crippen LogP contribution < -0.4 is 30.7 Å². The molecule has 7 atom stereocenters. The Kier molecular flexibility index (Phi) is 28.2. The summed E-state index contributed by atoms with van der Waals surface area (Å²) in [6.45, 7) is 27.7. The number of aromatic nitrogens is 12. The summed E-state index contributed by atoms with van der Waals surface area (Å²) >= 11 is 3.27. The number of benzene rings is 2. The van der Waals surface area contributed by atoms with Crippen LogP contribution in [0.25, 0.3) is 0 Å². The average molecular weight is 1320 g/mol. The average Bonchev–Trinajstić information content (AvgIpc) is 1.72. The maximum absolute atomic E-state index is 13.9. The number of fused-ring (bicyclic) bond motifs is 2. The number of carbonyl (C=O) groups is 5. The number of nitrogens with zero attached hydrogens (tertiary/aromatic N) is 16. The van der Waals surface area contributed by atoms with Gasteiger partial charge in [0.1, 0.15) is 12.1 Å². The van der Waals surface area contributed by atoms with Crippen LogP contribution in [0.3, 0.4) is 0 Å². The van der Waals surface area contributed by atoms with Crippen LogP contribution in [-0.4, -0.2) is 158 Å². The lowest BCUT2D eigenvalue weighted by Gasteiger charge is -2.32. The smallest absolute Gasteiger partial charge is 0.307 e. The Labute approximate surface area is 541 Å².